The lowest BCUT2D eigenvalue weighted by Crippen LogP contribution is -2.34. The van der Waals surface area contributed by atoms with Gasteiger partial charge in [-0.05, 0) is 55.0 Å². The number of nitrogens with zero attached hydrogens (tertiary/aromatic N) is 1. The first kappa shape index (κ1) is 26.4. The number of benzene rings is 3. The zero-order valence-corrected chi connectivity index (χ0v) is 21.4. The van der Waals surface area contributed by atoms with Crippen molar-refractivity contribution in [1.29, 1.82) is 0 Å². The summed E-state index contributed by atoms with van der Waals surface area (Å²) in [5.74, 6) is -0.371. The van der Waals surface area contributed by atoms with Crippen molar-refractivity contribution < 1.29 is 28.6 Å². The molecule has 10 heteroatoms. The number of nitrogens with one attached hydrogen (secondary N) is 2. The second kappa shape index (κ2) is 12.5. The minimum absolute atomic E-state index is 0.270. The van der Waals surface area contributed by atoms with Gasteiger partial charge in [0.05, 0.1) is 32.5 Å². The lowest BCUT2D eigenvalue weighted by atomic mass is 10.1. The normalized spacial score (nSPS) is 10.6. The maximum absolute atomic E-state index is 12.6. The third kappa shape index (κ3) is 6.92. The summed E-state index contributed by atoms with van der Waals surface area (Å²) in [6, 6.07) is 16.8. The number of rotatable bonds is 9. The third-order valence-corrected chi connectivity index (χ3v) is 5.48. The van der Waals surface area contributed by atoms with E-state index < -0.39 is 17.8 Å². The van der Waals surface area contributed by atoms with Crippen LogP contribution < -0.4 is 25.0 Å². The van der Waals surface area contributed by atoms with Crippen molar-refractivity contribution >= 4 is 39.9 Å². The average molecular weight is 554 g/mol. The number of hydrogen-bond acceptors (Lipinski definition) is 7. The van der Waals surface area contributed by atoms with Crippen molar-refractivity contribution in [3.63, 3.8) is 0 Å². The van der Waals surface area contributed by atoms with Gasteiger partial charge in [-0.3, -0.25) is 9.59 Å². The van der Waals surface area contributed by atoms with Gasteiger partial charge in [-0.1, -0.05) is 34.1 Å². The molecule has 0 radical (unpaired) electrons. The number of hydrazone groups is 1. The van der Waals surface area contributed by atoms with E-state index in [1.807, 2.05) is 19.1 Å². The predicted octanol–water partition coefficient (Wildman–Crippen LogP) is 3.87. The second-order valence-electron chi connectivity index (χ2n) is 7.43. The molecule has 0 aliphatic heterocycles. The third-order valence-electron chi connectivity index (χ3n) is 4.99. The summed E-state index contributed by atoms with van der Waals surface area (Å²) in [6.45, 7) is 1.51. The Kier molecular flexibility index (Phi) is 9.18. The Morgan fingerprint density at radius 3 is 2.39 bits per heavy atom. The van der Waals surface area contributed by atoms with Gasteiger partial charge in [0.15, 0.2) is 11.5 Å². The van der Waals surface area contributed by atoms with E-state index in [0.29, 0.717) is 28.2 Å². The van der Waals surface area contributed by atoms with Crippen LogP contribution in [0.3, 0.4) is 0 Å². The van der Waals surface area contributed by atoms with E-state index in [9.17, 15) is 14.4 Å². The Hall–Kier alpha value is -4.18. The first-order chi connectivity index (χ1) is 17.3. The van der Waals surface area contributed by atoms with Crippen molar-refractivity contribution in [2.75, 3.05) is 20.8 Å². The van der Waals surface area contributed by atoms with Gasteiger partial charge in [-0.25, -0.2) is 10.2 Å². The van der Waals surface area contributed by atoms with Crippen LogP contribution in [0.25, 0.3) is 0 Å². The molecule has 0 aliphatic rings. The van der Waals surface area contributed by atoms with Gasteiger partial charge in [0.2, 0.25) is 0 Å². The number of halogens is 1. The summed E-state index contributed by atoms with van der Waals surface area (Å²) in [7, 11) is 2.96. The maximum Gasteiger partial charge on any atom is 0.343 e. The number of aryl methyl sites for hydroxylation is 1. The molecule has 3 aromatic carbocycles. The van der Waals surface area contributed by atoms with Crippen LogP contribution in [0.5, 0.6) is 17.2 Å². The van der Waals surface area contributed by atoms with E-state index in [-0.39, 0.29) is 12.3 Å². The molecule has 3 aromatic rings. The lowest BCUT2D eigenvalue weighted by molar-refractivity contribution is -0.120. The summed E-state index contributed by atoms with van der Waals surface area (Å²) < 4.78 is 16.6. The molecule has 0 heterocycles. The highest BCUT2D eigenvalue weighted by molar-refractivity contribution is 9.10. The van der Waals surface area contributed by atoms with E-state index >= 15 is 0 Å². The number of carbonyl (C=O) groups is 3. The molecule has 0 unspecified atom stereocenters. The molecule has 36 heavy (non-hydrogen) atoms. The molecule has 0 aliphatic carbocycles. The Labute approximate surface area is 216 Å². The second-order valence-corrected chi connectivity index (χ2v) is 8.35. The van der Waals surface area contributed by atoms with Crippen LogP contribution in [0.4, 0.5) is 0 Å². The van der Waals surface area contributed by atoms with Crippen LogP contribution in [0.15, 0.2) is 70.2 Å². The van der Waals surface area contributed by atoms with E-state index in [4.69, 9.17) is 14.2 Å². The molecule has 3 rings (SSSR count). The molecule has 0 saturated carbocycles. The fourth-order valence-corrected chi connectivity index (χ4v) is 3.50. The Balaban J connectivity index is 1.60. The monoisotopic (exact) mass is 553 g/mol. The maximum atomic E-state index is 12.6. The van der Waals surface area contributed by atoms with E-state index in [2.05, 4.69) is 31.8 Å². The van der Waals surface area contributed by atoms with E-state index in [1.54, 1.807) is 42.5 Å². The van der Waals surface area contributed by atoms with Crippen molar-refractivity contribution in [1.82, 2.24) is 10.7 Å². The molecule has 0 spiro atoms. The molecule has 186 valence electrons. The summed E-state index contributed by atoms with van der Waals surface area (Å²) >= 11 is 3.37. The molecule has 2 amide bonds. The molecule has 0 atom stereocenters. The van der Waals surface area contributed by atoms with Crippen molar-refractivity contribution in [3.8, 4) is 17.2 Å². The van der Waals surface area contributed by atoms with Gasteiger partial charge in [-0.2, -0.15) is 5.10 Å². The van der Waals surface area contributed by atoms with Crippen LogP contribution in [-0.4, -0.2) is 44.8 Å². The number of methoxy groups -OCH3 is 2. The number of amides is 2. The summed E-state index contributed by atoms with van der Waals surface area (Å²) in [5, 5.41) is 6.43. The summed E-state index contributed by atoms with van der Waals surface area (Å²) in [6.07, 6.45) is 1.35. The van der Waals surface area contributed by atoms with Gasteiger partial charge in [0, 0.05) is 15.6 Å². The first-order valence-corrected chi connectivity index (χ1v) is 11.5. The quantitative estimate of drug-likeness (QED) is 0.180. The molecular formula is C26H24BrN3O6. The average Bonchev–Trinajstić information content (AvgIpc) is 2.88. The lowest BCUT2D eigenvalue weighted by Gasteiger charge is -2.10. The standard InChI is InChI=1S/C26H24BrN3O6/c1-16-6-4-5-7-20(16)26(33)36-21-11-9-19(27)12-18(21)14-29-30-24(31)15-28-25(32)17-8-10-22(34-2)23(13-17)35-3/h4-14H,15H2,1-3H3,(H,28,32)(H,30,31)/b29-14-. The van der Waals surface area contributed by atoms with Crippen molar-refractivity contribution in [2.45, 2.75) is 6.92 Å². The molecule has 0 fully saturated rings. The first-order valence-electron chi connectivity index (χ1n) is 10.7. The number of hydrogen-bond donors (Lipinski definition) is 2. The molecular weight excluding hydrogens is 530 g/mol. The van der Waals surface area contributed by atoms with Gasteiger partial charge in [0.1, 0.15) is 5.75 Å². The van der Waals surface area contributed by atoms with Crippen LogP contribution in [-0.2, 0) is 4.79 Å². The fraction of sp³-hybridized carbons (Fsp3) is 0.154. The highest BCUT2D eigenvalue weighted by Crippen LogP contribution is 2.27. The van der Waals surface area contributed by atoms with Crippen LogP contribution in [0.1, 0.15) is 31.8 Å². The minimum atomic E-state index is -0.548. The SMILES string of the molecule is COc1ccc(C(=O)NCC(=O)N/N=C\c2cc(Br)ccc2OC(=O)c2ccccc2C)cc1OC. The van der Waals surface area contributed by atoms with Crippen molar-refractivity contribution in [3.05, 3.63) is 87.4 Å². The smallest absolute Gasteiger partial charge is 0.343 e. The van der Waals surface area contributed by atoms with E-state index in [1.165, 1.54) is 26.5 Å². The Bertz CT molecular complexity index is 1310. The number of carbonyl (C=O) groups excluding carboxylic acids is 3. The van der Waals surface area contributed by atoms with Crippen LogP contribution in [0.2, 0.25) is 0 Å². The van der Waals surface area contributed by atoms with Gasteiger partial charge >= 0.3 is 5.97 Å². The largest absolute Gasteiger partial charge is 0.493 e. The Morgan fingerprint density at radius 1 is 0.944 bits per heavy atom. The molecule has 9 nitrogen and oxygen atoms in total. The van der Waals surface area contributed by atoms with Crippen molar-refractivity contribution in [2.24, 2.45) is 5.10 Å². The van der Waals surface area contributed by atoms with Gasteiger partial charge in [0.25, 0.3) is 11.8 Å². The predicted molar refractivity (Wildman–Crippen MR) is 138 cm³/mol. The van der Waals surface area contributed by atoms with Crippen LogP contribution >= 0.6 is 15.9 Å². The van der Waals surface area contributed by atoms with E-state index in [0.717, 1.165) is 10.0 Å². The molecule has 0 bridgehead atoms. The zero-order chi connectivity index (χ0) is 26.1. The molecule has 0 saturated heterocycles. The number of ether oxygens (including phenoxy) is 3. The van der Waals surface area contributed by atoms with Gasteiger partial charge < -0.3 is 19.5 Å². The highest BCUT2D eigenvalue weighted by Gasteiger charge is 2.14. The summed E-state index contributed by atoms with van der Waals surface area (Å²) in [5.41, 5.74) is 4.33. The molecule has 2 N–H and O–H groups in total. The highest BCUT2D eigenvalue weighted by atomic mass is 79.9. The fourth-order valence-electron chi connectivity index (χ4n) is 3.12. The Morgan fingerprint density at radius 2 is 1.67 bits per heavy atom. The number of esters is 1. The minimum Gasteiger partial charge on any atom is -0.493 e. The zero-order valence-electron chi connectivity index (χ0n) is 19.8. The summed E-state index contributed by atoms with van der Waals surface area (Å²) in [4.78, 5) is 37.1. The topological polar surface area (TPSA) is 115 Å². The molecule has 0 aromatic heterocycles. The van der Waals surface area contributed by atoms with Crippen LogP contribution in [0, 0.1) is 6.92 Å². The van der Waals surface area contributed by atoms with Gasteiger partial charge in [-0.15, -0.1) is 0 Å².